The maximum Gasteiger partial charge on any atom is 0.0700 e. The van der Waals surface area contributed by atoms with Gasteiger partial charge in [0.15, 0.2) is 0 Å². The van der Waals surface area contributed by atoms with Crippen LogP contribution in [0.5, 0.6) is 0 Å². The number of hydrogen-bond acceptors (Lipinski definition) is 3. The first-order chi connectivity index (χ1) is 5.31. The Labute approximate surface area is 74.7 Å². The number of thiol groups is 1. The molecular weight excluding hydrogens is 160 g/mol. The van der Waals surface area contributed by atoms with Crippen LogP contribution in [0.3, 0.4) is 0 Å². The van der Waals surface area contributed by atoms with Gasteiger partial charge in [0.1, 0.15) is 0 Å². The van der Waals surface area contributed by atoms with Crippen LogP contribution < -0.4 is 0 Å². The van der Waals surface area contributed by atoms with Crippen LogP contribution in [-0.4, -0.2) is 32.2 Å². The molecule has 0 saturated heterocycles. The zero-order valence-electron chi connectivity index (χ0n) is 7.38. The van der Waals surface area contributed by atoms with Gasteiger partial charge in [0, 0.05) is 6.61 Å². The summed E-state index contributed by atoms with van der Waals surface area (Å²) >= 11 is 4.15. The fraction of sp³-hybridized carbons (Fsp3) is 1.00. The molecule has 0 aliphatic heterocycles. The molecule has 0 bridgehead atoms. The van der Waals surface area contributed by atoms with Crippen LogP contribution in [0.15, 0.2) is 0 Å². The smallest absolute Gasteiger partial charge is 0.0700 e. The van der Waals surface area contributed by atoms with Crippen molar-refractivity contribution in [1.29, 1.82) is 0 Å². The molecule has 0 aliphatic carbocycles. The number of rotatable bonds is 7. The van der Waals surface area contributed by atoms with Gasteiger partial charge in [-0.3, -0.25) is 0 Å². The van der Waals surface area contributed by atoms with E-state index in [2.05, 4.69) is 19.6 Å². The van der Waals surface area contributed by atoms with E-state index in [1.165, 1.54) is 0 Å². The molecule has 0 aliphatic rings. The van der Waals surface area contributed by atoms with Gasteiger partial charge in [0.2, 0.25) is 0 Å². The highest BCUT2D eigenvalue weighted by Gasteiger charge is 1.97. The molecule has 0 heterocycles. The maximum atomic E-state index is 5.31. The third-order valence-corrected chi connectivity index (χ3v) is 1.91. The highest BCUT2D eigenvalue weighted by molar-refractivity contribution is 7.80. The monoisotopic (exact) mass is 178 g/mol. The van der Waals surface area contributed by atoms with E-state index in [0.29, 0.717) is 19.1 Å². The van der Waals surface area contributed by atoms with E-state index in [1.54, 1.807) is 0 Å². The zero-order valence-corrected chi connectivity index (χ0v) is 8.27. The second kappa shape index (κ2) is 8.37. The van der Waals surface area contributed by atoms with Crippen molar-refractivity contribution in [2.75, 3.05) is 32.2 Å². The van der Waals surface area contributed by atoms with E-state index in [4.69, 9.17) is 9.47 Å². The molecule has 0 rings (SSSR count). The minimum Gasteiger partial charge on any atom is -0.379 e. The molecule has 0 spiro atoms. The van der Waals surface area contributed by atoms with Crippen LogP contribution in [0.25, 0.3) is 0 Å². The fourth-order valence-corrected chi connectivity index (χ4v) is 0.705. The average molecular weight is 178 g/mol. The largest absolute Gasteiger partial charge is 0.379 e. The second-order valence-electron chi connectivity index (χ2n) is 2.56. The lowest BCUT2D eigenvalue weighted by molar-refractivity contribution is 0.0427. The molecule has 0 aromatic rings. The molecule has 0 N–H and O–H groups in total. The van der Waals surface area contributed by atoms with Crippen LogP contribution >= 0.6 is 12.6 Å². The molecule has 3 heteroatoms. The van der Waals surface area contributed by atoms with E-state index >= 15 is 0 Å². The van der Waals surface area contributed by atoms with Crippen molar-refractivity contribution >= 4 is 12.6 Å². The second-order valence-corrected chi connectivity index (χ2v) is 2.92. The fourth-order valence-electron chi connectivity index (χ4n) is 0.599. The van der Waals surface area contributed by atoms with Crippen LogP contribution in [0.1, 0.15) is 13.8 Å². The van der Waals surface area contributed by atoms with E-state index in [-0.39, 0.29) is 0 Å². The van der Waals surface area contributed by atoms with Gasteiger partial charge in [-0.2, -0.15) is 12.6 Å². The van der Waals surface area contributed by atoms with Crippen molar-refractivity contribution in [1.82, 2.24) is 0 Å². The Morgan fingerprint density at radius 1 is 1.27 bits per heavy atom. The molecule has 0 aromatic heterocycles. The summed E-state index contributed by atoms with van der Waals surface area (Å²) < 4.78 is 10.4. The summed E-state index contributed by atoms with van der Waals surface area (Å²) in [6, 6.07) is 0. The molecule has 0 fully saturated rings. The summed E-state index contributed by atoms with van der Waals surface area (Å²) in [6.45, 7) is 7.06. The van der Waals surface area contributed by atoms with Gasteiger partial charge in [-0.05, 0) is 18.6 Å². The zero-order chi connectivity index (χ0) is 8.53. The van der Waals surface area contributed by atoms with Gasteiger partial charge in [-0.1, -0.05) is 6.92 Å². The summed E-state index contributed by atoms with van der Waals surface area (Å²) in [7, 11) is 0. The Balaban J connectivity index is 2.89. The summed E-state index contributed by atoms with van der Waals surface area (Å²) in [5, 5.41) is 0. The third-order valence-electron chi connectivity index (χ3n) is 1.29. The van der Waals surface area contributed by atoms with Crippen molar-refractivity contribution in [3.63, 3.8) is 0 Å². The molecular formula is C8H18O2S. The third kappa shape index (κ3) is 8.17. The predicted molar refractivity (Wildman–Crippen MR) is 50.3 cm³/mol. The molecule has 0 saturated carbocycles. The quantitative estimate of drug-likeness (QED) is 0.471. The first-order valence-electron chi connectivity index (χ1n) is 4.07. The van der Waals surface area contributed by atoms with E-state index < -0.39 is 0 Å². The van der Waals surface area contributed by atoms with Gasteiger partial charge in [0.05, 0.1) is 19.8 Å². The van der Waals surface area contributed by atoms with Gasteiger partial charge < -0.3 is 9.47 Å². The van der Waals surface area contributed by atoms with Crippen molar-refractivity contribution in [3.05, 3.63) is 0 Å². The van der Waals surface area contributed by atoms with Gasteiger partial charge in [-0.15, -0.1) is 0 Å². The minimum absolute atomic E-state index is 0.542. The van der Waals surface area contributed by atoms with Crippen LogP contribution in [0.4, 0.5) is 0 Å². The topological polar surface area (TPSA) is 18.5 Å². The number of ether oxygens (including phenoxy) is 2. The van der Waals surface area contributed by atoms with Crippen molar-refractivity contribution < 1.29 is 9.47 Å². The van der Waals surface area contributed by atoms with Crippen molar-refractivity contribution in [3.8, 4) is 0 Å². The van der Waals surface area contributed by atoms with Crippen LogP contribution in [0, 0.1) is 5.92 Å². The first kappa shape index (κ1) is 11.3. The van der Waals surface area contributed by atoms with E-state index in [9.17, 15) is 0 Å². The van der Waals surface area contributed by atoms with Gasteiger partial charge >= 0.3 is 0 Å². The molecule has 68 valence electrons. The normalized spacial score (nSPS) is 13.4. The van der Waals surface area contributed by atoms with Crippen molar-refractivity contribution in [2.24, 2.45) is 5.92 Å². The molecule has 11 heavy (non-hydrogen) atoms. The molecule has 0 amide bonds. The standard InChI is InChI=1S/C8H18O2S/c1-3-9-4-5-10-6-8(2)7-11/h8,11H,3-7H2,1-2H3. The maximum absolute atomic E-state index is 5.31. The molecule has 0 radical (unpaired) electrons. The highest BCUT2D eigenvalue weighted by Crippen LogP contribution is 1.97. The summed E-state index contributed by atoms with van der Waals surface area (Å²) in [5.41, 5.74) is 0. The van der Waals surface area contributed by atoms with Gasteiger partial charge in [0.25, 0.3) is 0 Å². The summed E-state index contributed by atoms with van der Waals surface area (Å²) in [4.78, 5) is 0. The molecule has 1 unspecified atom stereocenters. The Morgan fingerprint density at radius 3 is 2.45 bits per heavy atom. The van der Waals surface area contributed by atoms with Crippen LogP contribution in [0.2, 0.25) is 0 Å². The van der Waals surface area contributed by atoms with E-state index in [0.717, 1.165) is 19.0 Å². The van der Waals surface area contributed by atoms with E-state index in [1.807, 2.05) is 6.92 Å². The summed E-state index contributed by atoms with van der Waals surface area (Å²) in [5.74, 6) is 1.43. The first-order valence-corrected chi connectivity index (χ1v) is 4.70. The lowest BCUT2D eigenvalue weighted by Gasteiger charge is -2.08. The molecule has 2 nitrogen and oxygen atoms in total. The lowest BCUT2D eigenvalue weighted by Crippen LogP contribution is -2.11. The Morgan fingerprint density at radius 2 is 1.91 bits per heavy atom. The highest BCUT2D eigenvalue weighted by atomic mass is 32.1. The van der Waals surface area contributed by atoms with Crippen molar-refractivity contribution in [2.45, 2.75) is 13.8 Å². The average Bonchev–Trinajstić information content (AvgIpc) is 2.04. The van der Waals surface area contributed by atoms with Gasteiger partial charge in [-0.25, -0.2) is 0 Å². The minimum atomic E-state index is 0.542. The molecule has 0 aromatic carbocycles. The SMILES string of the molecule is CCOCCOCC(C)CS. The Bertz CT molecular complexity index is 78.5. The number of hydrogen-bond donors (Lipinski definition) is 1. The lowest BCUT2D eigenvalue weighted by atomic mass is 10.2. The Kier molecular flexibility index (Phi) is 8.57. The molecule has 1 atom stereocenters. The summed E-state index contributed by atoms with van der Waals surface area (Å²) in [6.07, 6.45) is 0. The van der Waals surface area contributed by atoms with Crippen LogP contribution in [-0.2, 0) is 9.47 Å². The predicted octanol–water partition coefficient (Wildman–Crippen LogP) is 1.61. The Hall–Kier alpha value is 0.270.